The van der Waals surface area contributed by atoms with Crippen LogP contribution in [-0.4, -0.2) is 15.7 Å². The predicted molar refractivity (Wildman–Crippen MR) is 127 cm³/mol. The number of para-hydroxylation sites is 1. The van der Waals surface area contributed by atoms with Crippen LogP contribution in [0.25, 0.3) is 0 Å². The molecule has 1 amide bonds. The Labute approximate surface area is 196 Å². The van der Waals surface area contributed by atoms with Crippen LogP contribution in [0, 0.1) is 19.7 Å². The first-order chi connectivity index (χ1) is 15.9. The third kappa shape index (κ3) is 5.59. The van der Waals surface area contributed by atoms with Gasteiger partial charge < -0.3 is 10.1 Å². The molecule has 0 saturated heterocycles. The Morgan fingerprint density at radius 1 is 1.06 bits per heavy atom. The molecular formula is C26H23ClFN3O2. The summed E-state index contributed by atoms with van der Waals surface area (Å²) < 4.78 is 20.8. The minimum absolute atomic E-state index is 0.262. The van der Waals surface area contributed by atoms with E-state index in [2.05, 4.69) is 10.4 Å². The number of carbonyl (C=O) groups is 1. The van der Waals surface area contributed by atoms with Crippen molar-refractivity contribution >= 4 is 23.3 Å². The number of nitrogens with zero attached hydrogens (tertiary/aromatic N) is 2. The minimum Gasteiger partial charge on any atom is -0.488 e. The first-order valence-corrected chi connectivity index (χ1v) is 10.8. The summed E-state index contributed by atoms with van der Waals surface area (Å²) in [5.41, 5.74) is 4.40. The summed E-state index contributed by atoms with van der Waals surface area (Å²) in [4.78, 5) is 12.6. The monoisotopic (exact) mass is 463 g/mol. The van der Waals surface area contributed by atoms with Crippen LogP contribution in [-0.2, 0) is 13.2 Å². The summed E-state index contributed by atoms with van der Waals surface area (Å²) >= 11 is 6.08. The number of amides is 1. The molecule has 0 aliphatic rings. The number of aryl methyl sites for hydroxylation is 2. The van der Waals surface area contributed by atoms with E-state index in [1.165, 1.54) is 12.1 Å². The quantitative estimate of drug-likeness (QED) is 0.356. The zero-order valence-electron chi connectivity index (χ0n) is 18.3. The molecule has 0 aliphatic heterocycles. The van der Waals surface area contributed by atoms with Crippen LogP contribution in [0.3, 0.4) is 0 Å². The van der Waals surface area contributed by atoms with E-state index < -0.39 is 0 Å². The van der Waals surface area contributed by atoms with Gasteiger partial charge in [0.25, 0.3) is 5.91 Å². The molecule has 3 aromatic carbocycles. The van der Waals surface area contributed by atoms with Crippen molar-refractivity contribution in [1.82, 2.24) is 9.78 Å². The van der Waals surface area contributed by atoms with Gasteiger partial charge in [0, 0.05) is 22.8 Å². The average Bonchev–Trinajstić information content (AvgIpc) is 3.22. The number of nitrogens with one attached hydrogen (secondary N) is 1. The molecule has 168 valence electrons. The van der Waals surface area contributed by atoms with Gasteiger partial charge in [-0.25, -0.2) is 4.39 Å². The minimum atomic E-state index is -0.389. The number of anilines is 1. The molecule has 5 nitrogen and oxygen atoms in total. The maximum absolute atomic E-state index is 13.2. The molecule has 7 heteroatoms. The van der Waals surface area contributed by atoms with E-state index in [9.17, 15) is 9.18 Å². The van der Waals surface area contributed by atoms with Gasteiger partial charge in [-0.15, -0.1) is 0 Å². The summed E-state index contributed by atoms with van der Waals surface area (Å²) in [6.45, 7) is 4.82. The number of halogens is 2. The molecule has 4 aromatic rings. The van der Waals surface area contributed by atoms with Crippen LogP contribution >= 0.6 is 11.6 Å². The SMILES string of the molecule is Cc1cccc(C)c1OCc1ccc(C(=O)Nc2ccn(Cc3ccc(F)cc3Cl)n2)cc1. The highest BCUT2D eigenvalue weighted by Crippen LogP contribution is 2.23. The van der Waals surface area contributed by atoms with Gasteiger partial charge in [-0.2, -0.15) is 5.10 Å². The van der Waals surface area contributed by atoms with Gasteiger partial charge in [-0.3, -0.25) is 9.48 Å². The highest BCUT2D eigenvalue weighted by atomic mass is 35.5. The fourth-order valence-electron chi connectivity index (χ4n) is 3.46. The number of hydrogen-bond acceptors (Lipinski definition) is 3. The number of hydrogen-bond donors (Lipinski definition) is 1. The summed E-state index contributed by atoms with van der Waals surface area (Å²) in [6, 6.07) is 19.2. The topological polar surface area (TPSA) is 56.1 Å². The molecule has 0 aliphatic carbocycles. The summed E-state index contributed by atoms with van der Waals surface area (Å²) in [7, 11) is 0. The molecule has 33 heavy (non-hydrogen) atoms. The summed E-state index contributed by atoms with van der Waals surface area (Å²) in [6.07, 6.45) is 1.73. The van der Waals surface area contributed by atoms with Crippen LogP contribution in [0.2, 0.25) is 5.02 Å². The Hall–Kier alpha value is -3.64. The number of carbonyl (C=O) groups excluding carboxylic acids is 1. The number of rotatable bonds is 7. The Balaban J connectivity index is 1.35. The van der Waals surface area contributed by atoms with Crippen molar-refractivity contribution in [3.8, 4) is 5.75 Å². The highest BCUT2D eigenvalue weighted by molar-refractivity contribution is 6.31. The van der Waals surface area contributed by atoms with Gasteiger partial charge in [-0.05, 0) is 60.4 Å². The average molecular weight is 464 g/mol. The van der Waals surface area contributed by atoms with E-state index in [-0.39, 0.29) is 11.7 Å². The molecule has 0 spiro atoms. The lowest BCUT2D eigenvalue weighted by atomic mass is 10.1. The fraction of sp³-hybridized carbons (Fsp3) is 0.154. The second-order valence-corrected chi connectivity index (χ2v) is 8.20. The van der Waals surface area contributed by atoms with Gasteiger partial charge in [0.1, 0.15) is 18.2 Å². The van der Waals surface area contributed by atoms with Crippen molar-refractivity contribution in [1.29, 1.82) is 0 Å². The van der Waals surface area contributed by atoms with E-state index in [4.69, 9.17) is 16.3 Å². The molecule has 0 saturated carbocycles. The molecule has 1 aromatic heterocycles. The largest absolute Gasteiger partial charge is 0.488 e. The van der Waals surface area contributed by atoms with E-state index in [1.54, 1.807) is 35.1 Å². The van der Waals surface area contributed by atoms with Crippen LogP contribution in [0.4, 0.5) is 10.2 Å². The third-order valence-corrected chi connectivity index (χ3v) is 5.59. The standard InChI is InChI=1S/C26H23ClFN3O2/c1-17-4-3-5-18(2)25(17)33-16-19-6-8-20(9-7-19)26(32)29-24-12-13-31(30-24)15-21-10-11-22(28)14-23(21)27/h3-14H,15-16H2,1-2H3,(H,29,30,32). The van der Waals surface area contributed by atoms with Crippen LogP contribution in [0.5, 0.6) is 5.75 Å². The molecule has 0 bridgehead atoms. The fourth-order valence-corrected chi connectivity index (χ4v) is 3.69. The van der Waals surface area contributed by atoms with Crippen molar-refractivity contribution < 1.29 is 13.9 Å². The third-order valence-electron chi connectivity index (χ3n) is 5.24. The van der Waals surface area contributed by atoms with Crippen LogP contribution in [0.1, 0.15) is 32.6 Å². The number of ether oxygens (including phenoxy) is 1. The second-order valence-electron chi connectivity index (χ2n) is 7.79. The maximum atomic E-state index is 13.2. The van der Waals surface area contributed by atoms with Crippen molar-refractivity contribution in [2.24, 2.45) is 0 Å². The van der Waals surface area contributed by atoms with E-state index in [0.29, 0.717) is 29.6 Å². The van der Waals surface area contributed by atoms with Gasteiger partial charge >= 0.3 is 0 Å². The second kappa shape index (κ2) is 9.88. The van der Waals surface area contributed by atoms with Crippen molar-refractivity contribution in [2.45, 2.75) is 27.0 Å². The molecule has 4 rings (SSSR count). The lowest BCUT2D eigenvalue weighted by molar-refractivity contribution is 0.102. The Morgan fingerprint density at radius 3 is 2.48 bits per heavy atom. The van der Waals surface area contributed by atoms with Gasteiger partial charge in [-0.1, -0.05) is 48.0 Å². The van der Waals surface area contributed by atoms with Gasteiger partial charge in [0.05, 0.1) is 6.54 Å². The van der Waals surface area contributed by atoms with E-state index in [1.807, 2.05) is 44.2 Å². The van der Waals surface area contributed by atoms with Gasteiger partial charge in [0.15, 0.2) is 5.82 Å². The van der Waals surface area contributed by atoms with Gasteiger partial charge in [0.2, 0.25) is 0 Å². The molecule has 1 N–H and O–H groups in total. The Bertz CT molecular complexity index is 1260. The molecular weight excluding hydrogens is 441 g/mol. The Kier molecular flexibility index (Phi) is 6.75. The van der Waals surface area contributed by atoms with Crippen LogP contribution in [0.15, 0.2) is 72.9 Å². The first kappa shape index (κ1) is 22.6. The molecule has 0 unspecified atom stereocenters. The number of aromatic nitrogens is 2. The smallest absolute Gasteiger partial charge is 0.256 e. The summed E-state index contributed by atoms with van der Waals surface area (Å²) in [5, 5.41) is 7.46. The maximum Gasteiger partial charge on any atom is 0.256 e. The molecule has 0 fully saturated rings. The first-order valence-electron chi connectivity index (χ1n) is 10.5. The lowest BCUT2D eigenvalue weighted by Gasteiger charge is -2.12. The van der Waals surface area contributed by atoms with E-state index >= 15 is 0 Å². The molecule has 0 atom stereocenters. The van der Waals surface area contributed by atoms with Crippen molar-refractivity contribution in [3.05, 3.63) is 112 Å². The molecule has 0 radical (unpaired) electrons. The van der Waals surface area contributed by atoms with Crippen molar-refractivity contribution in [2.75, 3.05) is 5.32 Å². The normalized spacial score (nSPS) is 10.8. The zero-order chi connectivity index (χ0) is 23.4. The highest BCUT2D eigenvalue weighted by Gasteiger charge is 2.10. The zero-order valence-corrected chi connectivity index (χ0v) is 19.1. The summed E-state index contributed by atoms with van der Waals surface area (Å²) in [5.74, 6) is 0.653. The number of benzene rings is 3. The lowest BCUT2D eigenvalue weighted by Crippen LogP contribution is -2.13. The van der Waals surface area contributed by atoms with Crippen LogP contribution < -0.4 is 10.1 Å². The predicted octanol–water partition coefficient (Wildman–Crippen LogP) is 6.17. The van der Waals surface area contributed by atoms with Crippen molar-refractivity contribution in [3.63, 3.8) is 0 Å². The Morgan fingerprint density at radius 2 is 1.79 bits per heavy atom. The van der Waals surface area contributed by atoms with E-state index in [0.717, 1.165) is 28.0 Å². The molecule has 1 heterocycles.